The zero-order valence-corrected chi connectivity index (χ0v) is 8.07. The normalized spacial score (nSPS) is 10.9. The van der Waals surface area contributed by atoms with Crippen LogP contribution >= 0.6 is 0 Å². The molecule has 2 aromatic carbocycles. The van der Waals surface area contributed by atoms with Crippen LogP contribution in [0.4, 0.5) is 4.39 Å². The minimum Gasteiger partial charge on any atom is -0.392 e. The van der Waals surface area contributed by atoms with Crippen molar-refractivity contribution in [3.8, 4) is 0 Å². The summed E-state index contributed by atoms with van der Waals surface area (Å²) in [6.45, 7) is -0.272. The van der Waals surface area contributed by atoms with Gasteiger partial charge in [0, 0.05) is 0 Å². The Bertz CT molecular complexity index is 494. The minimum absolute atomic E-state index is 0.122. The Morgan fingerprint density at radius 2 is 1.47 bits per heavy atom. The van der Waals surface area contributed by atoms with E-state index in [9.17, 15) is 4.39 Å². The predicted molar refractivity (Wildman–Crippen MR) is 55.8 cm³/mol. The molecule has 0 saturated heterocycles. The average Bonchev–Trinajstić information content (AvgIpc) is 2.27. The fourth-order valence-corrected chi connectivity index (χ4v) is 1.66. The molecule has 15 heavy (non-hydrogen) atoms. The number of fused-ring (bicyclic) bond motifs is 1. The standard InChI is InChI=1S/C12H11FO2/c13-12-2-1-8-3-10(6-14)11(7-15)4-9(8)5-12/h1-5,14-15H,6-7H2. The quantitative estimate of drug-likeness (QED) is 0.788. The van der Waals surface area contributed by atoms with Gasteiger partial charge in [-0.2, -0.15) is 0 Å². The van der Waals surface area contributed by atoms with E-state index in [0.29, 0.717) is 11.1 Å². The molecular formula is C12H11FO2. The van der Waals surface area contributed by atoms with Gasteiger partial charge in [-0.15, -0.1) is 0 Å². The lowest BCUT2D eigenvalue weighted by Crippen LogP contribution is -1.94. The fraction of sp³-hybridized carbons (Fsp3) is 0.167. The van der Waals surface area contributed by atoms with Crippen LogP contribution in [0, 0.1) is 5.82 Å². The summed E-state index contributed by atoms with van der Waals surface area (Å²) < 4.78 is 12.9. The van der Waals surface area contributed by atoms with Crippen LogP contribution in [-0.4, -0.2) is 10.2 Å². The average molecular weight is 206 g/mol. The Morgan fingerprint density at radius 1 is 0.867 bits per heavy atom. The van der Waals surface area contributed by atoms with Gasteiger partial charge in [0.15, 0.2) is 0 Å². The third-order valence-corrected chi connectivity index (χ3v) is 2.46. The highest BCUT2D eigenvalue weighted by atomic mass is 19.1. The van der Waals surface area contributed by atoms with Gasteiger partial charge in [0.1, 0.15) is 5.82 Å². The molecule has 3 heteroatoms. The maximum atomic E-state index is 12.9. The molecule has 0 radical (unpaired) electrons. The van der Waals surface area contributed by atoms with Crippen molar-refractivity contribution in [2.24, 2.45) is 0 Å². The minimum atomic E-state index is -0.303. The van der Waals surface area contributed by atoms with Crippen molar-refractivity contribution in [1.29, 1.82) is 0 Å². The topological polar surface area (TPSA) is 40.5 Å². The largest absolute Gasteiger partial charge is 0.392 e. The van der Waals surface area contributed by atoms with E-state index >= 15 is 0 Å². The fourth-order valence-electron chi connectivity index (χ4n) is 1.66. The smallest absolute Gasteiger partial charge is 0.123 e. The third kappa shape index (κ3) is 1.84. The van der Waals surface area contributed by atoms with Crippen molar-refractivity contribution in [1.82, 2.24) is 0 Å². The van der Waals surface area contributed by atoms with Gasteiger partial charge in [-0.3, -0.25) is 0 Å². The van der Waals surface area contributed by atoms with Gasteiger partial charge in [-0.25, -0.2) is 4.39 Å². The Kier molecular flexibility index (Phi) is 2.66. The van der Waals surface area contributed by atoms with Crippen molar-refractivity contribution in [2.45, 2.75) is 13.2 Å². The van der Waals surface area contributed by atoms with Crippen LogP contribution in [0.25, 0.3) is 10.8 Å². The Balaban J connectivity index is 2.69. The first kappa shape index (κ1) is 10.1. The van der Waals surface area contributed by atoms with Crippen molar-refractivity contribution in [2.75, 3.05) is 0 Å². The summed E-state index contributed by atoms with van der Waals surface area (Å²) in [5, 5.41) is 19.7. The first-order valence-electron chi connectivity index (χ1n) is 4.67. The lowest BCUT2D eigenvalue weighted by molar-refractivity contribution is 0.260. The summed E-state index contributed by atoms with van der Waals surface area (Å²) in [5.74, 6) is -0.303. The zero-order valence-electron chi connectivity index (χ0n) is 8.07. The lowest BCUT2D eigenvalue weighted by atomic mass is 10.0. The van der Waals surface area contributed by atoms with Gasteiger partial charge in [0.05, 0.1) is 13.2 Å². The molecule has 0 bridgehead atoms. The van der Waals surface area contributed by atoms with E-state index in [1.807, 2.05) is 0 Å². The van der Waals surface area contributed by atoms with Crippen LogP contribution in [0.2, 0.25) is 0 Å². The Labute approximate surface area is 86.6 Å². The number of hydrogen-bond acceptors (Lipinski definition) is 2. The van der Waals surface area contributed by atoms with Crippen LogP contribution in [0.15, 0.2) is 30.3 Å². The monoisotopic (exact) mass is 206 g/mol. The highest BCUT2D eigenvalue weighted by Gasteiger charge is 2.04. The van der Waals surface area contributed by atoms with E-state index in [0.717, 1.165) is 10.8 Å². The van der Waals surface area contributed by atoms with E-state index in [1.54, 1.807) is 18.2 Å². The first-order chi connectivity index (χ1) is 7.24. The molecule has 2 rings (SSSR count). The predicted octanol–water partition coefficient (Wildman–Crippen LogP) is 1.96. The second kappa shape index (κ2) is 3.96. The van der Waals surface area contributed by atoms with Crippen molar-refractivity contribution >= 4 is 10.8 Å². The molecular weight excluding hydrogens is 195 g/mol. The molecule has 0 aliphatic rings. The van der Waals surface area contributed by atoms with Crippen LogP contribution in [0.1, 0.15) is 11.1 Å². The summed E-state index contributed by atoms with van der Waals surface area (Å²) in [5.41, 5.74) is 1.31. The van der Waals surface area contributed by atoms with Gasteiger partial charge < -0.3 is 10.2 Å². The molecule has 0 saturated carbocycles. The molecule has 0 unspecified atom stereocenters. The van der Waals surface area contributed by atoms with Crippen molar-refractivity contribution in [3.05, 3.63) is 47.3 Å². The summed E-state index contributed by atoms with van der Waals surface area (Å²) in [6, 6.07) is 7.91. The second-order valence-electron chi connectivity index (χ2n) is 3.43. The van der Waals surface area contributed by atoms with E-state index < -0.39 is 0 Å². The van der Waals surface area contributed by atoms with E-state index in [-0.39, 0.29) is 19.0 Å². The number of rotatable bonds is 2. The van der Waals surface area contributed by atoms with Crippen molar-refractivity contribution < 1.29 is 14.6 Å². The molecule has 78 valence electrons. The van der Waals surface area contributed by atoms with Gasteiger partial charge in [0.25, 0.3) is 0 Å². The number of hydrogen-bond donors (Lipinski definition) is 2. The molecule has 0 atom stereocenters. The maximum absolute atomic E-state index is 12.9. The number of halogens is 1. The number of benzene rings is 2. The first-order valence-corrected chi connectivity index (χ1v) is 4.67. The van der Waals surface area contributed by atoms with Gasteiger partial charge >= 0.3 is 0 Å². The molecule has 2 N–H and O–H groups in total. The van der Waals surface area contributed by atoms with E-state index in [4.69, 9.17) is 10.2 Å². The molecule has 0 amide bonds. The number of aliphatic hydroxyl groups is 2. The van der Waals surface area contributed by atoms with Crippen LogP contribution in [-0.2, 0) is 13.2 Å². The summed E-state index contributed by atoms with van der Waals surface area (Å²) in [4.78, 5) is 0. The van der Waals surface area contributed by atoms with E-state index in [2.05, 4.69) is 0 Å². The summed E-state index contributed by atoms with van der Waals surface area (Å²) in [6.07, 6.45) is 0. The maximum Gasteiger partial charge on any atom is 0.123 e. The summed E-state index contributed by atoms with van der Waals surface area (Å²) >= 11 is 0. The highest BCUT2D eigenvalue weighted by Crippen LogP contribution is 2.21. The molecule has 0 aliphatic heterocycles. The van der Waals surface area contributed by atoms with Crippen molar-refractivity contribution in [3.63, 3.8) is 0 Å². The molecule has 0 spiro atoms. The lowest BCUT2D eigenvalue weighted by Gasteiger charge is -2.07. The zero-order chi connectivity index (χ0) is 10.8. The highest BCUT2D eigenvalue weighted by molar-refractivity contribution is 5.84. The SMILES string of the molecule is OCc1cc2ccc(F)cc2cc1CO. The Hall–Kier alpha value is -1.45. The van der Waals surface area contributed by atoms with Gasteiger partial charge in [0.2, 0.25) is 0 Å². The molecule has 2 aromatic rings. The van der Waals surface area contributed by atoms with Crippen LogP contribution in [0.5, 0.6) is 0 Å². The second-order valence-corrected chi connectivity index (χ2v) is 3.43. The Morgan fingerprint density at radius 3 is 2.07 bits per heavy atom. The molecule has 0 aromatic heterocycles. The third-order valence-electron chi connectivity index (χ3n) is 2.46. The molecule has 0 aliphatic carbocycles. The number of aliphatic hydroxyl groups excluding tert-OH is 2. The molecule has 0 heterocycles. The van der Waals surface area contributed by atoms with Crippen LogP contribution in [0.3, 0.4) is 0 Å². The van der Waals surface area contributed by atoms with E-state index in [1.165, 1.54) is 12.1 Å². The molecule has 2 nitrogen and oxygen atoms in total. The van der Waals surface area contributed by atoms with Gasteiger partial charge in [-0.1, -0.05) is 6.07 Å². The molecule has 0 fully saturated rings. The van der Waals surface area contributed by atoms with Gasteiger partial charge in [-0.05, 0) is 46.2 Å². The summed E-state index contributed by atoms with van der Waals surface area (Å²) in [7, 11) is 0. The van der Waals surface area contributed by atoms with Crippen LogP contribution < -0.4 is 0 Å².